The maximum absolute atomic E-state index is 5.62. The van der Waals surface area contributed by atoms with Gasteiger partial charge >= 0.3 is 0 Å². The van der Waals surface area contributed by atoms with E-state index in [9.17, 15) is 0 Å². The van der Waals surface area contributed by atoms with Crippen LogP contribution in [0.25, 0.3) is 0 Å². The van der Waals surface area contributed by atoms with Crippen molar-refractivity contribution in [3.63, 3.8) is 0 Å². The average Bonchev–Trinajstić information content (AvgIpc) is 3.19. The Labute approximate surface area is 116 Å². The Hall–Kier alpha value is -1.06. The molecule has 0 heterocycles. The van der Waals surface area contributed by atoms with Crippen molar-refractivity contribution in [3.05, 3.63) is 29.8 Å². The molecule has 0 aromatic heterocycles. The molecular weight excluding hydrogens is 238 g/mol. The van der Waals surface area contributed by atoms with Crippen molar-refractivity contribution < 1.29 is 9.47 Å². The first kappa shape index (κ1) is 14.4. The van der Waals surface area contributed by atoms with Gasteiger partial charge in [-0.25, -0.2) is 0 Å². The van der Waals surface area contributed by atoms with Gasteiger partial charge in [0.1, 0.15) is 5.75 Å². The average molecular weight is 263 g/mol. The largest absolute Gasteiger partial charge is 0.491 e. The zero-order valence-corrected chi connectivity index (χ0v) is 12.0. The lowest BCUT2D eigenvalue weighted by atomic mass is 10.1. The van der Waals surface area contributed by atoms with Gasteiger partial charge in [-0.2, -0.15) is 0 Å². The third kappa shape index (κ3) is 6.08. The van der Waals surface area contributed by atoms with Gasteiger partial charge in [0.25, 0.3) is 0 Å². The summed E-state index contributed by atoms with van der Waals surface area (Å²) in [6, 6.07) is 9.07. The Kier molecular flexibility index (Phi) is 5.67. The van der Waals surface area contributed by atoms with Crippen molar-refractivity contribution in [3.8, 4) is 5.75 Å². The topological polar surface area (TPSA) is 30.5 Å². The Morgan fingerprint density at radius 3 is 2.53 bits per heavy atom. The van der Waals surface area contributed by atoms with Gasteiger partial charge in [-0.3, -0.25) is 0 Å². The number of hydrogen-bond acceptors (Lipinski definition) is 3. The van der Waals surface area contributed by atoms with Crippen LogP contribution in [0.15, 0.2) is 24.3 Å². The first-order valence-electron chi connectivity index (χ1n) is 7.31. The predicted molar refractivity (Wildman–Crippen MR) is 77.8 cm³/mol. The number of hydrogen-bond donors (Lipinski definition) is 1. The summed E-state index contributed by atoms with van der Waals surface area (Å²) in [5.74, 6) is 0.938. The van der Waals surface area contributed by atoms with Crippen molar-refractivity contribution in [2.75, 3.05) is 19.8 Å². The second-order valence-corrected chi connectivity index (χ2v) is 5.40. The standard InChI is InChI=1S/C16H25NO2/c1-13(2)19-16-7-3-14(4-8-16)9-11-18-12-10-17-15-5-6-15/h3-4,7-8,13,15,17H,5-6,9-12H2,1-2H3. The molecule has 0 atom stereocenters. The molecule has 2 rings (SSSR count). The van der Waals surface area contributed by atoms with E-state index in [2.05, 4.69) is 17.4 Å². The van der Waals surface area contributed by atoms with E-state index in [1.165, 1.54) is 18.4 Å². The second kappa shape index (κ2) is 7.51. The van der Waals surface area contributed by atoms with Crippen LogP contribution in [-0.2, 0) is 11.2 Å². The normalized spacial score (nSPS) is 14.9. The predicted octanol–water partition coefficient (Wildman–Crippen LogP) is 2.78. The molecule has 1 aromatic rings. The minimum Gasteiger partial charge on any atom is -0.491 e. The summed E-state index contributed by atoms with van der Waals surface area (Å²) in [4.78, 5) is 0. The lowest BCUT2D eigenvalue weighted by Crippen LogP contribution is -2.22. The van der Waals surface area contributed by atoms with Crippen molar-refractivity contribution in [2.45, 2.75) is 45.3 Å². The molecule has 1 aliphatic rings. The molecule has 106 valence electrons. The maximum Gasteiger partial charge on any atom is 0.119 e. The Balaban J connectivity index is 1.56. The van der Waals surface area contributed by atoms with Gasteiger partial charge < -0.3 is 14.8 Å². The van der Waals surface area contributed by atoms with Crippen LogP contribution < -0.4 is 10.1 Å². The van der Waals surface area contributed by atoms with Gasteiger partial charge in [0.2, 0.25) is 0 Å². The molecule has 0 amide bonds. The van der Waals surface area contributed by atoms with Crippen LogP contribution >= 0.6 is 0 Å². The third-order valence-corrected chi connectivity index (χ3v) is 3.09. The molecule has 0 radical (unpaired) electrons. The molecule has 3 nitrogen and oxygen atoms in total. The Morgan fingerprint density at radius 2 is 1.89 bits per heavy atom. The number of nitrogens with one attached hydrogen (secondary N) is 1. The summed E-state index contributed by atoms with van der Waals surface area (Å²) in [6.45, 7) is 6.66. The molecule has 1 aromatic carbocycles. The first-order chi connectivity index (χ1) is 9.24. The number of ether oxygens (including phenoxy) is 2. The Bertz CT molecular complexity index is 358. The monoisotopic (exact) mass is 263 g/mol. The fourth-order valence-electron chi connectivity index (χ4n) is 1.92. The summed E-state index contributed by atoms with van der Waals surface area (Å²) in [5, 5.41) is 3.44. The highest BCUT2D eigenvalue weighted by molar-refractivity contribution is 5.27. The highest BCUT2D eigenvalue weighted by Crippen LogP contribution is 2.18. The molecule has 1 fully saturated rings. The molecule has 0 aliphatic heterocycles. The molecule has 0 bridgehead atoms. The number of rotatable bonds is 9. The molecule has 1 aliphatic carbocycles. The fourth-order valence-corrected chi connectivity index (χ4v) is 1.92. The maximum atomic E-state index is 5.62. The minimum atomic E-state index is 0.230. The van der Waals surface area contributed by atoms with Crippen molar-refractivity contribution in [1.82, 2.24) is 5.32 Å². The van der Waals surface area contributed by atoms with E-state index in [1.54, 1.807) is 0 Å². The third-order valence-electron chi connectivity index (χ3n) is 3.09. The van der Waals surface area contributed by atoms with Gasteiger partial charge in [0.15, 0.2) is 0 Å². The molecule has 0 unspecified atom stereocenters. The van der Waals surface area contributed by atoms with Crippen LogP contribution in [0.5, 0.6) is 5.75 Å². The van der Waals surface area contributed by atoms with Crippen molar-refractivity contribution in [1.29, 1.82) is 0 Å². The second-order valence-electron chi connectivity index (χ2n) is 5.40. The highest BCUT2D eigenvalue weighted by atomic mass is 16.5. The fraction of sp³-hybridized carbons (Fsp3) is 0.625. The summed E-state index contributed by atoms with van der Waals surface area (Å²) >= 11 is 0. The van der Waals surface area contributed by atoms with Crippen LogP contribution in [0.4, 0.5) is 0 Å². The Morgan fingerprint density at radius 1 is 1.16 bits per heavy atom. The molecule has 0 spiro atoms. The SMILES string of the molecule is CC(C)Oc1ccc(CCOCCNC2CC2)cc1. The van der Waals surface area contributed by atoms with Crippen LogP contribution in [0.1, 0.15) is 32.3 Å². The number of benzene rings is 1. The van der Waals surface area contributed by atoms with Crippen molar-refractivity contribution >= 4 is 0 Å². The first-order valence-corrected chi connectivity index (χ1v) is 7.31. The van der Waals surface area contributed by atoms with Crippen molar-refractivity contribution in [2.24, 2.45) is 0 Å². The highest BCUT2D eigenvalue weighted by Gasteiger charge is 2.19. The lowest BCUT2D eigenvalue weighted by molar-refractivity contribution is 0.138. The van der Waals surface area contributed by atoms with Crippen LogP contribution in [0.3, 0.4) is 0 Å². The zero-order chi connectivity index (χ0) is 13.5. The molecule has 0 saturated heterocycles. The van der Waals surface area contributed by atoms with E-state index < -0.39 is 0 Å². The molecule has 19 heavy (non-hydrogen) atoms. The molecular formula is C16H25NO2. The van der Waals surface area contributed by atoms with Crippen LogP contribution in [0.2, 0.25) is 0 Å². The van der Waals surface area contributed by atoms with Gasteiger partial charge in [-0.15, -0.1) is 0 Å². The summed E-state index contributed by atoms with van der Waals surface area (Å²) in [7, 11) is 0. The molecule has 1 N–H and O–H groups in total. The van der Waals surface area contributed by atoms with Crippen LogP contribution in [-0.4, -0.2) is 31.9 Å². The molecule has 1 saturated carbocycles. The van der Waals surface area contributed by atoms with E-state index in [0.717, 1.165) is 38.0 Å². The summed E-state index contributed by atoms with van der Waals surface area (Å²) in [5.41, 5.74) is 1.30. The van der Waals surface area contributed by atoms with Crippen LogP contribution in [0, 0.1) is 0 Å². The summed E-state index contributed by atoms with van der Waals surface area (Å²) in [6.07, 6.45) is 3.87. The van der Waals surface area contributed by atoms with Gasteiger partial charge in [-0.05, 0) is 50.8 Å². The summed E-state index contributed by atoms with van der Waals surface area (Å²) < 4.78 is 11.2. The quantitative estimate of drug-likeness (QED) is 0.695. The van der Waals surface area contributed by atoms with Gasteiger partial charge in [0, 0.05) is 12.6 Å². The van der Waals surface area contributed by atoms with Gasteiger partial charge in [-0.1, -0.05) is 12.1 Å². The smallest absolute Gasteiger partial charge is 0.119 e. The van der Waals surface area contributed by atoms with E-state index >= 15 is 0 Å². The minimum absolute atomic E-state index is 0.230. The van der Waals surface area contributed by atoms with E-state index in [-0.39, 0.29) is 6.10 Å². The van der Waals surface area contributed by atoms with Gasteiger partial charge in [0.05, 0.1) is 19.3 Å². The lowest BCUT2D eigenvalue weighted by Gasteiger charge is -2.10. The van der Waals surface area contributed by atoms with E-state index in [1.807, 2.05) is 26.0 Å². The zero-order valence-electron chi connectivity index (χ0n) is 12.0. The molecule has 3 heteroatoms. The van der Waals surface area contributed by atoms with E-state index in [4.69, 9.17) is 9.47 Å². The van der Waals surface area contributed by atoms with E-state index in [0.29, 0.717) is 0 Å².